The lowest BCUT2D eigenvalue weighted by molar-refractivity contribution is 0.108. The van der Waals surface area contributed by atoms with Gasteiger partial charge in [-0.3, -0.25) is 4.79 Å². The first-order chi connectivity index (χ1) is 7.61. The minimum atomic E-state index is 0.126. The molecular formula is C13H18O2S. The van der Waals surface area contributed by atoms with E-state index in [-0.39, 0.29) is 5.12 Å². The predicted octanol–water partition coefficient (Wildman–Crippen LogP) is 3.60. The Hall–Kier alpha value is -0.960. The van der Waals surface area contributed by atoms with E-state index in [0.29, 0.717) is 6.61 Å². The van der Waals surface area contributed by atoms with Gasteiger partial charge in [-0.2, -0.15) is 0 Å². The fourth-order valence-corrected chi connectivity index (χ4v) is 2.26. The van der Waals surface area contributed by atoms with Crippen molar-refractivity contribution in [2.24, 2.45) is 0 Å². The molecule has 3 heteroatoms. The highest BCUT2D eigenvalue weighted by atomic mass is 32.2. The molecule has 0 fully saturated rings. The van der Waals surface area contributed by atoms with Gasteiger partial charge in [0.15, 0.2) is 0 Å². The van der Waals surface area contributed by atoms with E-state index in [2.05, 4.69) is 0 Å². The highest BCUT2D eigenvalue weighted by Gasteiger charge is 2.14. The lowest BCUT2D eigenvalue weighted by Crippen LogP contribution is -2.03. The second kappa shape index (κ2) is 5.94. The molecule has 0 saturated carbocycles. The lowest BCUT2D eigenvalue weighted by Gasteiger charge is -2.13. The maximum absolute atomic E-state index is 11.8. The first kappa shape index (κ1) is 13.1. The molecule has 0 bridgehead atoms. The maximum Gasteiger partial charge on any atom is 0.219 e. The summed E-state index contributed by atoms with van der Waals surface area (Å²) in [6.45, 7) is 8.50. The normalized spacial score (nSPS) is 10.2. The summed E-state index contributed by atoms with van der Waals surface area (Å²) >= 11 is 1.34. The van der Waals surface area contributed by atoms with Crippen LogP contribution in [0.2, 0.25) is 0 Å². The second-order valence-corrected chi connectivity index (χ2v) is 4.77. The smallest absolute Gasteiger partial charge is 0.219 e. The third kappa shape index (κ3) is 2.79. The number of hydrogen-bond donors (Lipinski definition) is 0. The van der Waals surface area contributed by atoms with Crippen LogP contribution < -0.4 is 4.74 Å². The molecule has 0 radical (unpaired) electrons. The van der Waals surface area contributed by atoms with Crippen molar-refractivity contribution in [2.75, 3.05) is 12.4 Å². The maximum atomic E-state index is 11.8. The quantitative estimate of drug-likeness (QED) is 0.801. The molecule has 88 valence electrons. The number of hydrogen-bond acceptors (Lipinski definition) is 3. The molecule has 0 heterocycles. The van der Waals surface area contributed by atoms with Gasteiger partial charge in [0.2, 0.25) is 5.12 Å². The Morgan fingerprint density at radius 1 is 1.31 bits per heavy atom. The number of aryl methyl sites for hydroxylation is 1. The summed E-state index contributed by atoms with van der Waals surface area (Å²) in [7, 11) is 0. The fraction of sp³-hybridized carbons (Fsp3) is 0.462. The van der Waals surface area contributed by atoms with Crippen molar-refractivity contribution < 1.29 is 9.53 Å². The molecule has 0 unspecified atom stereocenters. The molecule has 0 saturated heterocycles. The Kier molecular flexibility index (Phi) is 4.87. The first-order valence-electron chi connectivity index (χ1n) is 5.51. The van der Waals surface area contributed by atoms with Crippen molar-refractivity contribution >= 4 is 16.9 Å². The summed E-state index contributed by atoms with van der Waals surface area (Å²) in [6.07, 6.45) is 0. The van der Waals surface area contributed by atoms with Crippen LogP contribution in [0, 0.1) is 13.8 Å². The molecule has 0 aliphatic carbocycles. The highest BCUT2D eigenvalue weighted by Crippen LogP contribution is 2.28. The van der Waals surface area contributed by atoms with Gasteiger partial charge < -0.3 is 4.74 Å². The van der Waals surface area contributed by atoms with E-state index in [1.807, 2.05) is 39.8 Å². The van der Waals surface area contributed by atoms with Gasteiger partial charge in [0.1, 0.15) is 5.75 Å². The SMILES string of the molecule is CCOc1c(C)ccc(C(=O)SCC)c1C. The van der Waals surface area contributed by atoms with E-state index in [9.17, 15) is 4.79 Å². The Morgan fingerprint density at radius 3 is 2.56 bits per heavy atom. The summed E-state index contributed by atoms with van der Waals surface area (Å²) in [5.41, 5.74) is 2.80. The molecule has 16 heavy (non-hydrogen) atoms. The third-order valence-corrected chi connectivity index (χ3v) is 3.16. The second-order valence-electron chi connectivity index (χ2n) is 3.54. The van der Waals surface area contributed by atoms with Crippen LogP contribution in [0.1, 0.15) is 35.3 Å². The van der Waals surface area contributed by atoms with Gasteiger partial charge in [0, 0.05) is 11.1 Å². The van der Waals surface area contributed by atoms with E-state index >= 15 is 0 Å². The van der Waals surface area contributed by atoms with Crippen molar-refractivity contribution in [3.8, 4) is 5.75 Å². The van der Waals surface area contributed by atoms with Crippen LogP contribution in [0.3, 0.4) is 0 Å². The molecular weight excluding hydrogens is 220 g/mol. The van der Waals surface area contributed by atoms with Crippen LogP contribution in [-0.4, -0.2) is 17.5 Å². The van der Waals surface area contributed by atoms with Crippen LogP contribution in [0.15, 0.2) is 12.1 Å². The molecule has 0 N–H and O–H groups in total. The van der Waals surface area contributed by atoms with E-state index in [0.717, 1.165) is 28.2 Å². The number of thioether (sulfide) groups is 1. The molecule has 1 aromatic carbocycles. The Balaban J connectivity index is 3.12. The fourth-order valence-electron chi connectivity index (χ4n) is 1.62. The van der Waals surface area contributed by atoms with Crippen molar-refractivity contribution in [3.05, 3.63) is 28.8 Å². The zero-order valence-corrected chi connectivity index (χ0v) is 11.1. The van der Waals surface area contributed by atoms with Crippen LogP contribution in [0.25, 0.3) is 0 Å². The van der Waals surface area contributed by atoms with E-state index in [4.69, 9.17) is 4.74 Å². The van der Waals surface area contributed by atoms with Crippen molar-refractivity contribution in [2.45, 2.75) is 27.7 Å². The van der Waals surface area contributed by atoms with Gasteiger partial charge in [-0.05, 0) is 38.2 Å². The zero-order valence-electron chi connectivity index (χ0n) is 10.3. The topological polar surface area (TPSA) is 26.3 Å². The average Bonchev–Trinajstić information content (AvgIpc) is 2.24. The van der Waals surface area contributed by atoms with Crippen molar-refractivity contribution in [1.29, 1.82) is 0 Å². The van der Waals surface area contributed by atoms with Gasteiger partial charge in [-0.1, -0.05) is 24.8 Å². The van der Waals surface area contributed by atoms with Gasteiger partial charge in [0.25, 0.3) is 0 Å². The monoisotopic (exact) mass is 238 g/mol. The minimum absolute atomic E-state index is 0.126. The number of rotatable bonds is 4. The third-order valence-electron chi connectivity index (χ3n) is 2.39. The predicted molar refractivity (Wildman–Crippen MR) is 69.5 cm³/mol. The van der Waals surface area contributed by atoms with E-state index in [1.54, 1.807) is 0 Å². The Labute approximate surface area is 101 Å². The summed E-state index contributed by atoms with van der Waals surface area (Å²) < 4.78 is 5.57. The van der Waals surface area contributed by atoms with Crippen molar-refractivity contribution in [1.82, 2.24) is 0 Å². The number of benzene rings is 1. The average molecular weight is 238 g/mol. The van der Waals surface area contributed by atoms with Gasteiger partial charge >= 0.3 is 0 Å². The van der Waals surface area contributed by atoms with Crippen molar-refractivity contribution in [3.63, 3.8) is 0 Å². The van der Waals surface area contributed by atoms with E-state index in [1.165, 1.54) is 11.8 Å². The summed E-state index contributed by atoms with van der Waals surface area (Å²) in [5, 5.41) is 0.126. The molecule has 2 nitrogen and oxygen atoms in total. The number of ether oxygens (including phenoxy) is 1. The number of carbonyl (C=O) groups is 1. The molecule has 1 aromatic rings. The molecule has 0 amide bonds. The summed E-state index contributed by atoms with van der Waals surface area (Å²) in [5.74, 6) is 1.65. The molecule has 1 rings (SSSR count). The van der Waals surface area contributed by atoms with Gasteiger partial charge in [-0.25, -0.2) is 0 Å². The minimum Gasteiger partial charge on any atom is -0.493 e. The first-order valence-corrected chi connectivity index (χ1v) is 6.50. The van der Waals surface area contributed by atoms with Crippen LogP contribution in [0.5, 0.6) is 5.75 Å². The molecule has 0 aliphatic heterocycles. The molecule has 0 aliphatic rings. The summed E-state index contributed by atoms with van der Waals surface area (Å²) in [4.78, 5) is 11.8. The highest BCUT2D eigenvalue weighted by molar-refractivity contribution is 8.14. The van der Waals surface area contributed by atoms with Gasteiger partial charge in [0.05, 0.1) is 6.61 Å². The number of carbonyl (C=O) groups excluding carboxylic acids is 1. The Bertz CT molecular complexity index is 386. The molecule has 0 aromatic heterocycles. The van der Waals surface area contributed by atoms with E-state index < -0.39 is 0 Å². The zero-order chi connectivity index (χ0) is 12.1. The lowest BCUT2D eigenvalue weighted by atomic mass is 10.0. The standard InChI is InChI=1S/C13H18O2S/c1-5-15-12-9(3)7-8-11(10(12)4)13(14)16-6-2/h7-8H,5-6H2,1-4H3. The molecule has 0 spiro atoms. The summed E-state index contributed by atoms with van der Waals surface area (Å²) in [6, 6.07) is 3.83. The van der Waals surface area contributed by atoms with Crippen LogP contribution in [0.4, 0.5) is 0 Å². The van der Waals surface area contributed by atoms with Gasteiger partial charge in [-0.15, -0.1) is 0 Å². The molecule has 0 atom stereocenters. The van der Waals surface area contributed by atoms with Crippen LogP contribution in [-0.2, 0) is 0 Å². The van der Waals surface area contributed by atoms with Crippen LogP contribution >= 0.6 is 11.8 Å². The Morgan fingerprint density at radius 2 is 2.00 bits per heavy atom. The largest absolute Gasteiger partial charge is 0.493 e.